The van der Waals surface area contributed by atoms with E-state index in [-0.39, 0.29) is 0 Å². The fourth-order valence-corrected chi connectivity index (χ4v) is 0. The molecule has 0 N–H and O–H groups in total. The summed E-state index contributed by atoms with van der Waals surface area (Å²) in [5.74, 6) is 0. The van der Waals surface area contributed by atoms with Crippen LogP contribution in [0.25, 0.3) is 0 Å². The summed E-state index contributed by atoms with van der Waals surface area (Å²) in [6, 6.07) is 0. The molecule has 0 aliphatic rings. The molecule has 0 spiro atoms. The third-order valence-electron chi connectivity index (χ3n) is 0. The van der Waals surface area contributed by atoms with Gasteiger partial charge in [0.25, 0.3) is 0 Å². The molecule has 0 unspecified atom stereocenters. The number of hydrogen-bond acceptors (Lipinski definition) is 0. The minimum atomic E-state index is 1.04. The van der Waals surface area contributed by atoms with E-state index in [2.05, 4.69) is 13.5 Å². The minimum absolute atomic E-state index is 1.04. The van der Waals surface area contributed by atoms with Crippen molar-refractivity contribution in [3.05, 3.63) is 18.7 Å². The minimum Gasteiger partial charge on any atom is -0.105 e. The molecule has 0 atom stereocenters. The Bertz CT molecular complexity index is 26.3. The lowest BCUT2D eigenvalue weighted by molar-refractivity contribution is 2.06. The molecule has 0 heterocycles. The molecule has 0 aromatic carbocycles. The van der Waals surface area contributed by atoms with E-state index in [1.165, 1.54) is 0 Å². The molecule has 0 bridgehead atoms. The first kappa shape index (κ1) is 3.96. The molecule has 0 aromatic rings. The van der Waals surface area contributed by atoms with Gasteiger partial charge in [-0.05, 0) is 6.92 Å². The van der Waals surface area contributed by atoms with E-state index in [0.717, 1.165) is 15.4 Å². The van der Waals surface area contributed by atoms with Gasteiger partial charge in [0.05, 0.1) is 0 Å². The zero-order chi connectivity index (χ0) is 3.58. The Balaban J connectivity index is 2.80. The summed E-state index contributed by atoms with van der Waals surface area (Å²) in [7, 11) is 1.04. The first-order chi connectivity index (χ1) is 1.73. The van der Waals surface area contributed by atoms with Crippen LogP contribution in [-0.4, -0.2) is 10.2 Å². The van der Waals surface area contributed by atoms with E-state index in [9.17, 15) is 0 Å². The van der Waals surface area contributed by atoms with E-state index in [0.29, 0.717) is 0 Å². The summed E-state index contributed by atoms with van der Waals surface area (Å²) >= 11 is 0. The van der Waals surface area contributed by atoms with Gasteiger partial charge >= 0.3 is 0 Å². The smallest absolute Gasteiger partial charge is 0.0325 e. The van der Waals surface area contributed by atoms with Gasteiger partial charge in [-0.1, -0.05) is 5.20 Å². The number of rotatable bonds is 0. The van der Waals surface area contributed by atoms with Gasteiger partial charge < -0.3 is 0 Å². The van der Waals surface area contributed by atoms with Crippen LogP contribution < -0.4 is 0 Å². The van der Waals surface area contributed by atoms with E-state index in [1.54, 1.807) is 0 Å². The van der Waals surface area contributed by atoms with Crippen molar-refractivity contribution in [2.75, 3.05) is 0 Å². The Labute approximate surface area is 30.0 Å². The SMILES string of the molecule is [CH2]C(=C)[SiH3]. The molecule has 1 radical (unpaired) electrons. The Morgan fingerprint density at radius 2 is 1.75 bits per heavy atom. The van der Waals surface area contributed by atoms with Crippen LogP contribution >= 0.6 is 0 Å². The first-order valence-electron chi connectivity index (χ1n) is 1.21. The molecule has 1 heteroatoms. The Kier molecular flexibility index (Phi) is 1.28. The molecule has 0 amide bonds. The van der Waals surface area contributed by atoms with Gasteiger partial charge in [-0.15, -0.1) is 6.58 Å². The van der Waals surface area contributed by atoms with Crippen LogP contribution in [0, 0.1) is 6.92 Å². The molecule has 23 valence electrons. The fraction of sp³-hybridized carbons (Fsp3) is 0. The van der Waals surface area contributed by atoms with Gasteiger partial charge in [0, 0.05) is 10.2 Å². The zero-order valence-corrected chi connectivity index (χ0v) is 4.91. The van der Waals surface area contributed by atoms with Crippen molar-refractivity contribution in [3.8, 4) is 0 Å². The summed E-state index contributed by atoms with van der Waals surface area (Å²) < 4.78 is 0. The van der Waals surface area contributed by atoms with Crippen LogP contribution in [0.3, 0.4) is 0 Å². The normalized spacial score (nSPS) is 7.25. The predicted molar refractivity (Wildman–Crippen MR) is 24.4 cm³/mol. The highest BCUT2D eigenvalue weighted by atomic mass is 28.1. The molecule has 0 saturated heterocycles. The lowest BCUT2D eigenvalue weighted by atomic mass is 10.8. The van der Waals surface area contributed by atoms with Crippen molar-refractivity contribution in [1.82, 2.24) is 0 Å². The first-order valence-corrected chi connectivity index (χ1v) is 2.21. The van der Waals surface area contributed by atoms with Crippen LogP contribution in [0.15, 0.2) is 11.8 Å². The molecule has 0 rings (SSSR count). The molecular weight excluding hydrogens is 64.1 g/mol. The van der Waals surface area contributed by atoms with Gasteiger partial charge in [-0.3, -0.25) is 0 Å². The molecular formula is C3H7Si. The highest BCUT2D eigenvalue weighted by Gasteiger charge is 1.52. The second-order valence-corrected chi connectivity index (χ2v) is 2.37. The van der Waals surface area contributed by atoms with E-state index in [4.69, 9.17) is 0 Å². The standard InChI is InChI=1S/C3H7Si/c1-3(2)4/h1-2H2,4H3. The van der Waals surface area contributed by atoms with Crippen molar-refractivity contribution in [2.45, 2.75) is 0 Å². The molecule has 0 aromatic heterocycles. The maximum absolute atomic E-state index is 3.51. The second kappa shape index (κ2) is 1.30. The Hall–Kier alpha value is -0.0431. The maximum atomic E-state index is 3.51. The van der Waals surface area contributed by atoms with Crippen LogP contribution in [0.1, 0.15) is 0 Å². The topological polar surface area (TPSA) is 0 Å². The van der Waals surface area contributed by atoms with E-state index >= 15 is 0 Å². The highest BCUT2D eigenvalue weighted by molar-refractivity contribution is 6.21. The summed E-state index contributed by atoms with van der Waals surface area (Å²) in [6.45, 7) is 7.01. The van der Waals surface area contributed by atoms with E-state index in [1.807, 2.05) is 0 Å². The van der Waals surface area contributed by atoms with E-state index < -0.39 is 0 Å². The average Bonchev–Trinajstić information content (AvgIpc) is 0.811. The predicted octanol–water partition coefficient (Wildman–Crippen LogP) is -0.300. The average molecular weight is 71.2 g/mol. The maximum Gasteiger partial charge on any atom is 0.0325 e. The second-order valence-electron chi connectivity index (χ2n) is 0.957. The van der Waals surface area contributed by atoms with Crippen molar-refractivity contribution in [2.24, 2.45) is 0 Å². The van der Waals surface area contributed by atoms with Crippen LogP contribution in [0.4, 0.5) is 0 Å². The molecule has 0 nitrogen and oxygen atoms in total. The Morgan fingerprint density at radius 1 is 1.75 bits per heavy atom. The fourth-order valence-electron chi connectivity index (χ4n) is 0. The summed E-state index contributed by atoms with van der Waals surface area (Å²) in [6.07, 6.45) is 0. The molecule has 0 aliphatic heterocycles. The van der Waals surface area contributed by atoms with Crippen molar-refractivity contribution in [1.29, 1.82) is 0 Å². The largest absolute Gasteiger partial charge is 0.105 e. The van der Waals surface area contributed by atoms with Gasteiger partial charge in [-0.25, -0.2) is 0 Å². The molecule has 4 heavy (non-hydrogen) atoms. The lowest BCUT2D eigenvalue weighted by Crippen LogP contribution is -1.57. The summed E-state index contributed by atoms with van der Waals surface area (Å²) in [5, 5.41) is 1.06. The quantitative estimate of drug-likeness (QED) is 0.344. The van der Waals surface area contributed by atoms with Gasteiger partial charge in [0.2, 0.25) is 0 Å². The molecule has 0 fully saturated rings. The van der Waals surface area contributed by atoms with Gasteiger partial charge in [0.1, 0.15) is 0 Å². The third kappa shape index (κ3) is 964. The Morgan fingerprint density at radius 3 is 1.75 bits per heavy atom. The van der Waals surface area contributed by atoms with Crippen molar-refractivity contribution in [3.63, 3.8) is 0 Å². The number of hydrogen-bond donors (Lipinski definition) is 0. The molecule has 0 saturated carbocycles. The monoisotopic (exact) mass is 71.0 g/mol. The van der Waals surface area contributed by atoms with Crippen LogP contribution in [-0.2, 0) is 0 Å². The van der Waals surface area contributed by atoms with Gasteiger partial charge in [-0.2, -0.15) is 0 Å². The van der Waals surface area contributed by atoms with Crippen molar-refractivity contribution >= 4 is 10.2 Å². The third-order valence-corrected chi connectivity index (χ3v) is 0. The van der Waals surface area contributed by atoms with Crippen molar-refractivity contribution < 1.29 is 0 Å². The lowest BCUT2D eigenvalue weighted by Gasteiger charge is -1.64. The van der Waals surface area contributed by atoms with Crippen LogP contribution in [0.5, 0.6) is 0 Å². The molecule has 0 aliphatic carbocycles. The summed E-state index contributed by atoms with van der Waals surface area (Å²) in [4.78, 5) is 0. The van der Waals surface area contributed by atoms with Crippen LogP contribution in [0.2, 0.25) is 0 Å². The number of allylic oxidation sites excluding steroid dienone is 1. The summed E-state index contributed by atoms with van der Waals surface area (Å²) in [5.41, 5.74) is 0. The zero-order valence-electron chi connectivity index (χ0n) is 2.91. The van der Waals surface area contributed by atoms with Gasteiger partial charge in [0.15, 0.2) is 0 Å². The highest BCUT2D eigenvalue weighted by Crippen LogP contribution is 1.63.